The molecule has 3 rings (SSSR count). The first-order chi connectivity index (χ1) is 10.1. The molecule has 2 N–H and O–H groups in total. The number of ether oxygens (including phenoxy) is 1. The monoisotopic (exact) mass is 284 g/mol. The fraction of sp³-hybridized carbons (Fsp3) is 0.444. The molecule has 0 unspecified atom stereocenters. The Labute approximate surface area is 127 Å². The minimum absolute atomic E-state index is 0.521. The van der Waals surface area contributed by atoms with Crippen molar-refractivity contribution in [1.82, 2.24) is 4.90 Å². The van der Waals surface area contributed by atoms with Gasteiger partial charge in [-0.25, -0.2) is 0 Å². The van der Waals surface area contributed by atoms with Crippen LogP contribution in [0.1, 0.15) is 30.9 Å². The van der Waals surface area contributed by atoms with Gasteiger partial charge in [0.15, 0.2) is 0 Å². The Kier molecular flexibility index (Phi) is 4.13. The van der Waals surface area contributed by atoms with Crippen molar-refractivity contribution in [1.29, 1.82) is 0 Å². The van der Waals surface area contributed by atoms with Gasteiger partial charge in [0.25, 0.3) is 0 Å². The van der Waals surface area contributed by atoms with Crippen LogP contribution in [0.4, 0.5) is 5.69 Å². The molecule has 0 bridgehead atoms. The second-order valence-corrected chi connectivity index (χ2v) is 6.20. The number of nitrogens with two attached hydrogens (primary N) is 1. The predicted octanol–water partition coefficient (Wildman–Crippen LogP) is 3.33. The number of morpholine rings is 1. The fourth-order valence-corrected chi connectivity index (χ4v) is 2.96. The van der Waals surface area contributed by atoms with E-state index in [0.717, 1.165) is 38.5 Å². The number of nitrogen functional groups attached to an aromatic ring is 1. The smallest absolute Gasteiger partial charge is 0.0594 e. The van der Waals surface area contributed by atoms with Gasteiger partial charge in [-0.15, -0.1) is 0 Å². The van der Waals surface area contributed by atoms with Gasteiger partial charge in [0.2, 0.25) is 0 Å². The Morgan fingerprint density at radius 1 is 1.14 bits per heavy atom. The highest BCUT2D eigenvalue weighted by Gasteiger charge is 2.16. The number of hydrogen-bond donors (Lipinski definition) is 1. The van der Waals surface area contributed by atoms with Gasteiger partial charge in [-0.2, -0.15) is 0 Å². The maximum atomic E-state index is 6.03. The SMILES string of the molecule is CC(C)c1ccc(CN2CCOCC2)c2cc(N)cc-2c1. The van der Waals surface area contributed by atoms with Crippen molar-refractivity contribution < 1.29 is 4.74 Å². The van der Waals surface area contributed by atoms with Crippen LogP contribution in [0.15, 0.2) is 30.3 Å². The van der Waals surface area contributed by atoms with Crippen molar-refractivity contribution in [2.24, 2.45) is 0 Å². The summed E-state index contributed by atoms with van der Waals surface area (Å²) in [5, 5.41) is 0. The molecule has 0 atom stereocenters. The van der Waals surface area contributed by atoms with E-state index in [2.05, 4.69) is 49.1 Å². The lowest BCUT2D eigenvalue weighted by atomic mass is 10.0. The molecule has 0 spiro atoms. The lowest BCUT2D eigenvalue weighted by molar-refractivity contribution is 0.0342. The molecule has 112 valence electrons. The third-order valence-electron chi connectivity index (χ3n) is 4.25. The van der Waals surface area contributed by atoms with E-state index in [1.807, 2.05) is 0 Å². The molecule has 1 aliphatic heterocycles. The van der Waals surface area contributed by atoms with Crippen molar-refractivity contribution in [2.45, 2.75) is 26.3 Å². The lowest BCUT2D eigenvalue weighted by Gasteiger charge is -2.26. The Hall–Kier alpha value is -1.58. The quantitative estimate of drug-likeness (QED) is 0.939. The Morgan fingerprint density at radius 3 is 2.62 bits per heavy atom. The van der Waals surface area contributed by atoms with Crippen LogP contribution in [0.5, 0.6) is 0 Å². The summed E-state index contributed by atoms with van der Waals surface area (Å²) in [5.41, 5.74) is 12.1. The highest BCUT2D eigenvalue weighted by molar-refractivity contribution is 5.77. The fourth-order valence-electron chi connectivity index (χ4n) is 2.96. The maximum absolute atomic E-state index is 6.03. The molecule has 3 nitrogen and oxygen atoms in total. The molecular formula is C18H24N2O. The first kappa shape index (κ1) is 14.4. The van der Waals surface area contributed by atoms with Gasteiger partial charge in [-0.05, 0) is 40.3 Å². The predicted molar refractivity (Wildman–Crippen MR) is 87.7 cm³/mol. The molecular weight excluding hydrogens is 260 g/mol. The molecule has 0 amide bonds. The molecule has 0 aromatic carbocycles. The average Bonchev–Trinajstić information content (AvgIpc) is 2.75. The minimum Gasteiger partial charge on any atom is -0.399 e. The first-order valence-electron chi connectivity index (χ1n) is 7.75. The summed E-state index contributed by atoms with van der Waals surface area (Å²) in [4.78, 5) is 2.45. The van der Waals surface area contributed by atoms with Crippen molar-refractivity contribution in [2.75, 3.05) is 32.0 Å². The molecule has 3 aliphatic rings. The lowest BCUT2D eigenvalue weighted by Crippen LogP contribution is -2.35. The van der Waals surface area contributed by atoms with Gasteiger partial charge in [0, 0.05) is 25.3 Å². The zero-order valence-electron chi connectivity index (χ0n) is 12.9. The number of nitrogens with zero attached hydrogens (tertiary/aromatic N) is 1. The maximum Gasteiger partial charge on any atom is 0.0594 e. The van der Waals surface area contributed by atoms with E-state index < -0.39 is 0 Å². The van der Waals surface area contributed by atoms with Gasteiger partial charge in [-0.3, -0.25) is 4.90 Å². The Balaban J connectivity index is 1.97. The van der Waals surface area contributed by atoms with Crippen LogP contribution in [-0.4, -0.2) is 31.2 Å². The zero-order valence-corrected chi connectivity index (χ0v) is 12.9. The summed E-state index contributed by atoms with van der Waals surface area (Å²) in [6, 6.07) is 11.0. The van der Waals surface area contributed by atoms with Crippen molar-refractivity contribution in [3.63, 3.8) is 0 Å². The van der Waals surface area contributed by atoms with Crippen LogP contribution in [0.3, 0.4) is 0 Å². The second kappa shape index (κ2) is 6.04. The summed E-state index contributed by atoms with van der Waals surface area (Å²) in [5.74, 6) is 0.521. The van der Waals surface area contributed by atoms with E-state index >= 15 is 0 Å². The van der Waals surface area contributed by atoms with E-state index in [1.165, 1.54) is 22.3 Å². The zero-order chi connectivity index (χ0) is 14.8. The molecule has 0 aromatic rings. The van der Waals surface area contributed by atoms with Crippen LogP contribution in [0, 0.1) is 0 Å². The molecule has 0 saturated carbocycles. The van der Waals surface area contributed by atoms with Crippen LogP contribution in [-0.2, 0) is 11.3 Å². The van der Waals surface area contributed by atoms with E-state index in [0.29, 0.717) is 5.92 Å². The Bertz CT molecular complexity index is 588. The van der Waals surface area contributed by atoms with Crippen molar-refractivity contribution in [3.8, 4) is 11.1 Å². The van der Waals surface area contributed by atoms with Gasteiger partial charge in [0.05, 0.1) is 13.2 Å². The van der Waals surface area contributed by atoms with Crippen LogP contribution in [0.25, 0.3) is 11.1 Å². The number of fused-ring (bicyclic) bond motifs is 1. The van der Waals surface area contributed by atoms with E-state index in [9.17, 15) is 0 Å². The summed E-state index contributed by atoms with van der Waals surface area (Å²) >= 11 is 0. The van der Waals surface area contributed by atoms with Gasteiger partial charge >= 0.3 is 0 Å². The van der Waals surface area contributed by atoms with E-state index in [-0.39, 0.29) is 0 Å². The standard InChI is InChI=1S/C18H24N2O/c1-13(2)14-3-4-15(12-20-5-7-21-8-6-20)18-11-17(19)10-16(18)9-14/h3-4,9-11,13H,5-8,12,19H2,1-2H3. The third kappa shape index (κ3) is 3.20. The highest BCUT2D eigenvalue weighted by atomic mass is 16.5. The molecule has 0 radical (unpaired) electrons. The topological polar surface area (TPSA) is 38.5 Å². The molecule has 3 heteroatoms. The van der Waals surface area contributed by atoms with Crippen LogP contribution in [0.2, 0.25) is 0 Å². The number of hydrogen-bond acceptors (Lipinski definition) is 3. The van der Waals surface area contributed by atoms with Gasteiger partial charge in [-0.1, -0.05) is 32.0 Å². The van der Waals surface area contributed by atoms with E-state index in [1.54, 1.807) is 0 Å². The summed E-state index contributed by atoms with van der Waals surface area (Å²) in [6.45, 7) is 9.12. The number of rotatable bonds is 3. The minimum atomic E-state index is 0.521. The van der Waals surface area contributed by atoms with Crippen molar-refractivity contribution >= 4 is 5.69 Å². The highest BCUT2D eigenvalue weighted by Crippen LogP contribution is 2.33. The summed E-state index contributed by atoms with van der Waals surface area (Å²) in [6.07, 6.45) is 0. The van der Waals surface area contributed by atoms with Crippen LogP contribution < -0.4 is 5.73 Å². The summed E-state index contributed by atoms with van der Waals surface area (Å²) < 4.78 is 5.44. The molecule has 21 heavy (non-hydrogen) atoms. The molecule has 1 fully saturated rings. The third-order valence-corrected chi connectivity index (χ3v) is 4.25. The number of anilines is 1. The molecule has 0 aromatic heterocycles. The summed E-state index contributed by atoms with van der Waals surface area (Å²) in [7, 11) is 0. The first-order valence-corrected chi connectivity index (χ1v) is 7.75. The Morgan fingerprint density at radius 2 is 1.90 bits per heavy atom. The normalized spacial score (nSPS) is 16.7. The van der Waals surface area contributed by atoms with E-state index in [4.69, 9.17) is 10.5 Å². The molecule has 2 aliphatic carbocycles. The van der Waals surface area contributed by atoms with Gasteiger partial charge < -0.3 is 10.5 Å². The van der Waals surface area contributed by atoms with Crippen molar-refractivity contribution in [3.05, 3.63) is 41.5 Å². The van der Waals surface area contributed by atoms with Crippen LogP contribution >= 0.6 is 0 Å². The van der Waals surface area contributed by atoms with Gasteiger partial charge in [0.1, 0.15) is 0 Å². The molecule has 1 saturated heterocycles. The average molecular weight is 284 g/mol. The largest absolute Gasteiger partial charge is 0.399 e. The molecule has 1 heterocycles. The second-order valence-electron chi connectivity index (χ2n) is 6.20.